The Bertz CT molecular complexity index is 600. The lowest BCUT2D eigenvalue weighted by Crippen LogP contribution is -2.22. The molecule has 1 aromatic heterocycles. The van der Waals surface area contributed by atoms with Crippen molar-refractivity contribution in [2.75, 3.05) is 11.1 Å². The first-order chi connectivity index (χ1) is 9.54. The fourth-order valence-corrected chi connectivity index (χ4v) is 2.22. The second-order valence-corrected chi connectivity index (χ2v) is 5.73. The lowest BCUT2D eigenvalue weighted by molar-refractivity contribution is -0.115. The highest BCUT2D eigenvalue weighted by Gasteiger charge is 2.16. The van der Waals surface area contributed by atoms with Crippen LogP contribution in [0.3, 0.4) is 0 Å². The SMILES string of the molecule is Cc1cnc(SC(C)C(=O)Nc2cccc(N)c2)nc1. The zero-order valence-electron chi connectivity index (χ0n) is 11.3. The van der Waals surface area contributed by atoms with Crippen molar-refractivity contribution in [3.05, 3.63) is 42.2 Å². The average Bonchev–Trinajstić information content (AvgIpc) is 2.41. The summed E-state index contributed by atoms with van der Waals surface area (Å²) >= 11 is 1.32. The molecule has 20 heavy (non-hydrogen) atoms. The fourth-order valence-electron chi connectivity index (χ4n) is 1.51. The summed E-state index contributed by atoms with van der Waals surface area (Å²) in [6.07, 6.45) is 3.47. The van der Waals surface area contributed by atoms with Crippen molar-refractivity contribution >= 4 is 29.0 Å². The second-order valence-electron chi connectivity index (χ2n) is 4.42. The Hall–Kier alpha value is -2.08. The van der Waals surface area contributed by atoms with Crippen LogP contribution in [-0.2, 0) is 4.79 Å². The third kappa shape index (κ3) is 3.96. The zero-order chi connectivity index (χ0) is 14.5. The van der Waals surface area contributed by atoms with Crippen LogP contribution in [0.15, 0.2) is 41.8 Å². The average molecular weight is 288 g/mol. The minimum Gasteiger partial charge on any atom is -0.399 e. The van der Waals surface area contributed by atoms with Crippen molar-refractivity contribution in [1.29, 1.82) is 0 Å². The summed E-state index contributed by atoms with van der Waals surface area (Å²) in [5.74, 6) is -0.107. The van der Waals surface area contributed by atoms with E-state index in [4.69, 9.17) is 5.73 Å². The number of aromatic nitrogens is 2. The van der Waals surface area contributed by atoms with E-state index in [0.717, 1.165) is 5.56 Å². The predicted molar refractivity (Wildman–Crippen MR) is 81.6 cm³/mol. The molecule has 104 valence electrons. The molecule has 2 aromatic rings. The highest BCUT2D eigenvalue weighted by Crippen LogP contribution is 2.21. The smallest absolute Gasteiger partial charge is 0.237 e. The minimum absolute atomic E-state index is 0.107. The van der Waals surface area contributed by atoms with E-state index in [1.54, 1.807) is 36.7 Å². The highest BCUT2D eigenvalue weighted by molar-refractivity contribution is 8.00. The van der Waals surface area contributed by atoms with Gasteiger partial charge >= 0.3 is 0 Å². The number of carbonyl (C=O) groups is 1. The van der Waals surface area contributed by atoms with E-state index >= 15 is 0 Å². The Balaban J connectivity index is 1.96. The molecule has 3 N–H and O–H groups in total. The van der Waals surface area contributed by atoms with E-state index in [-0.39, 0.29) is 11.2 Å². The standard InChI is InChI=1S/C14H16N4OS/c1-9-7-16-14(17-8-9)20-10(2)13(19)18-12-5-3-4-11(15)6-12/h3-8,10H,15H2,1-2H3,(H,18,19). The van der Waals surface area contributed by atoms with Gasteiger partial charge in [-0.25, -0.2) is 9.97 Å². The van der Waals surface area contributed by atoms with E-state index in [2.05, 4.69) is 15.3 Å². The topological polar surface area (TPSA) is 80.9 Å². The maximum Gasteiger partial charge on any atom is 0.237 e. The van der Waals surface area contributed by atoms with Crippen LogP contribution in [-0.4, -0.2) is 21.1 Å². The monoisotopic (exact) mass is 288 g/mol. The number of nitrogen functional groups attached to an aromatic ring is 1. The first-order valence-corrected chi connectivity index (χ1v) is 7.04. The third-order valence-corrected chi connectivity index (χ3v) is 3.55. The van der Waals surface area contributed by atoms with Crippen LogP contribution in [0, 0.1) is 6.92 Å². The molecule has 0 saturated carbocycles. The van der Waals surface area contributed by atoms with Gasteiger partial charge in [0, 0.05) is 23.8 Å². The van der Waals surface area contributed by atoms with Crippen LogP contribution in [0.1, 0.15) is 12.5 Å². The molecule has 1 atom stereocenters. The van der Waals surface area contributed by atoms with Gasteiger partial charge in [0.2, 0.25) is 5.91 Å². The molecule has 0 aliphatic carbocycles. The van der Waals surface area contributed by atoms with Crippen LogP contribution in [0.4, 0.5) is 11.4 Å². The summed E-state index contributed by atoms with van der Waals surface area (Å²) in [5.41, 5.74) is 7.97. The number of thioether (sulfide) groups is 1. The van der Waals surface area contributed by atoms with E-state index < -0.39 is 0 Å². The van der Waals surface area contributed by atoms with Gasteiger partial charge in [0.1, 0.15) is 0 Å². The number of rotatable bonds is 4. The van der Waals surface area contributed by atoms with Crippen LogP contribution in [0.5, 0.6) is 0 Å². The van der Waals surface area contributed by atoms with Gasteiger partial charge < -0.3 is 11.1 Å². The third-order valence-electron chi connectivity index (χ3n) is 2.56. The molecule has 6 heteroatoms. The van der Waals surface area contributed by atoms with E-state index in [1.165, 1.54) is 11.8 Å². The summed E-state index contributed by atoms with van der Waals surface area (Å²) in [7, 11) is 0. The lowest BCUT2D eigenvalue weighted by Gasteiger charge is -2.11. The molecular formula is C14H16N4OS. The largest absolute Gasteiger partial charge is 0.399 e. The van der Waals surface area contributed by atoms with Crippen LogP contribution >= 0.6 is 11.8 Å². The Kier molecular flexibility index (Phi) is 4.57. The minimum atomic E-state index is -0.292. The summed E-state index contributed by atoms with van der Waals surface area (Å²) in [6, 6.07) is 7.09. The molecule has 1 unspecified atom stereocenters. The van der Waals surface area contributed by atoms with Crippen LogP contribution in [0.2, 0.25) is 0 Å². The number of nitrogens with zero attached hydrogens (tertiary/aromatic N) is 2. The number of carbonyl (C=O) groups excluding carboxylic acids is 1. The van der Waals surface area contributed by atoms with Crippen molar-refractivity contribution in [2.45, 2.75) is 24.3 Å². The Morgan fingerprint density at radius 3 is 2.70 bits per heavy atom. The molecule has 0 aliphatic heterocycles. The van der Waals surface area contributed by atoms with Gasteiger partial charge in [-0.3, -0.25) is 4.79 Å². The van der Waals surface area contributed by atoms with Gasteiger partial charge in [0.05, 0.1) is 5.25 Å². The molecule has 1 heterocycles. The molecule has 5 nitrogen and oxygen atoms in total. The van der Waals surface area contributed by atoms with Crippen molar-refractivity contribution in [2.24, 2.45) is 0 Å². The summed E-state index contributed by atoms with van der Waals surface area (Å²) in [6.45, 7) is 3.74. The Morgan fingerprint density at radius 2 is 2.05 bits per heavy atom. The lowest BCUT2D eigenvalue weighted by atomic mass is 10.3. The first kappa shape index (κ1) is 14.3. The molecule has 0 radical (unpaired) electrons. The van der Waals surface area contributed by atoms with Gasteiger partial charge in [-0.1, -0.05) is 17.8 Å². The molecule has 0 spiro atoms. The predicted octanol–water partition coefficient (Wildman–Crippen LogP) is 2.49. The fraction of sp³-hybridized carbons (Fsp3) is 0.214. The van der Waals surface area contributed by atoms with Crippen molar-refractivity contribution in [3.63, 3.8) is 0 Å². The van der Waals surface area contributed by atoms with Crippen LogP contribution in [0.25, 0.3) is 0 Å². The Labute approximate surface area is 122 Å². The van der Waals surface area contributed by atoms with Gasteiger partial charge in [-0.05, 0) is 37.6 Å². The number of amides is 1. The number of nitrogens with two attached hydrogens (primary N) is 1. The number of nitrogens with one attached hydrogen (secondary N) is 1. The number of anilines is 2. The maximum atomic E-state index is 12.1. The Morgan fingerprint density at radius 1 is 1.35 bits per heavy atom. The molecule has 0 saturated heterocycles. The number of aryl methyl sites for hydroxylation is 1. The van der Waals surface area contributed by atoms with Crippen molar-refractivity contribution in [3.8, 4) is 0 Å². The summed E-state index contributed by atoms with van der Waals surface area (Å²) < 4.78 is 0. The molecule has 0 aliphatic rings. The van der Waals surface area contributed by atoms with E-state index in [9.17, 15) is 4.79 Å². The van der Waals surface area contributed by atoms with Crippen LogP contribution < -0.4 is 11.1 Å². The highest BCUT2D eigenvalue weighted by atomic mass is 32.2. The molecule has 0 fully saturated rings. The quantitative estimate of drug-likeness (QED) is 0.513. The molecule has 1 aromatic carbocycles. The van der Waals surface area contributed by atoms with Crippen molar-refractivity contribution in [1.82, 2.24) is 9.97 Å². The maximum absolute atomic E-state index is 12.1. The number of hydrogen-bond acceptors (Lipinski definition) is 5. The number of benzene rings is 1. The summed E-state index contributed by atoms with van der Waals surface area (Å²) in [5, 5.41) is 3.12. The van der Waals surface area contributed by atoms with Gasteiger partial charge in [-0.2, -0.15) is 0 Å². The molecule has 2 rings (SSSR count). The van der Waals surface area contributed by atoms with E-state index in [0.29, 0.717) is 16.5 Å². The molecule has 1 amide bonds. The summed E-state index contributed by atoms with van der Waals surface area (Å²) in [4.78, 5) is 20.4. The molecule has 0 bridgehead atoms. The normalized spacial score (nSPS) is 11.9. The second kappa shape index (κ2) is 6.38. The molecular weight excluding hydrogens is 272 g/mol. The first-order valence-electron chi connectivity index (χ1n) is 6.16. The number of hydrogen-bond donors (Lipinski definition) is 2. The van der Waals surface area contributed by atoms with Gasteiger partial charge in [-0.15, -0.1) is 0 Å². The van der Waals surface area contributed by atoms with Gasteiger partial charge in [0.25, 0.3) is 0 Å². The van der Waals surface area contributed by atoms with Crippen molar-refractivity contribution < 1.29 is 4.79 Å². The van der Waals surface area contributed by atoms with Gasteiger partial charge in [0.15, 0.2) is 5.16 Å². The van der Waals surface area contributed by atoms with E-state index in [1.807, 2.05) is 13.8 Å². The zero-order valence-corrected chi connectivity index (χ0v) is 12.1.